The molecule has 5 heteroatoms. The molecule has 1 aromatic rings. The first-order chi connectivity index (χ1) is 10.7. The van der Waals surface area contributed by atoms with Gasteiger partial charge >= 0.3 is 5.97 Å². The smallest absolute Gasteiger partial charge is 0.305 e. The van der Waals surface area contributed by atoms with Crippen LogP contribution in [0.15, 0.2) is 24.3 Å². The van der Waals surface area contributed by atoms with Gasteiger partial charge in [-0.05, 0) is 37.1 Å². The first kappa shape index (κ1) is 16.5. The summed E-state index contributed by atoms with van der Waals surface area (Å²) >= 11 is 0. The number of nitrogens with zero attached hydrogens (tertiary/aromatic N) is 1. The Hall–Kier alpha value is -1.88. The van der Waals surface area contributed by atoms with Gasteiger partial charge < -0.3 is 14.4 Å². The fourth-order valence-corrected chi connectivity index (χ4v) is 2.48. The minimum Gasteiger partial charge on any atom is -0.469 e. The molecule has 0 bridgehead atoms. The molecule has 0 spiro atoms. The molecule has 1 saturated heterocycles. The Labute approximate surface area is 131 Å². The molecule has 0 atom stereocenters. The van der Waals surface area contributed by atoms with Gasteiger partial charge in [-0.2, -0.15) is 0 Å². The van der Waals surface area contributed by atoms with E-state index in [0.717, 1.165) is 37.6 Å². The minimum absolute atomic E-state index is 0.124. The second kappa shape index (κ2) is 8.54. The Balaban J connectivity index is 1.79. The Morgan fingerprint density at radius 2 is 1.73 bits per heavy atom. The van der Waals surface area contributed by atoms with E-state index in [2.05, 4.69) is 9.64 Å². The molecular weight excluding hydrogens is 282 g/mol. The van der Waals surface area contributed by atoms with Gasteiger partial charge in [0.15, 0.2) is 5.78 Å². The van der Waals surface area contributed by atoms with E-state index in [1.54, 1.807) is 0 Å². The van der Waals surface area contributed by atoms with Gasteiger partial charge in [-0.1, -0.05) is 0 Å². The van der Waals surface area contributed by atoms with E-state index in [-0.39, 0.29) is 11.8 Å². The van der Waals surface area contributed by atoms with Crippen LogP contribution in [0.1, 0.15) is 36.0 Å². The third-order valence-electron chi connectivity index (χ3n) is 3.83. The van der Waals surface area contributed by atoms with E-state index in [4.69, 9.17) is 4.74 Å². The number of hydrogen-bond acceptors (Lipinski definition) is 5. The van der Waals surface area contributed by atoms with Gasteiger partial charge in [-0.25, -0.2) is 0 Å². The quantitative estimate of drug-likeness (QED) is 0.440. The van der Waals surface area contributed by atoms with Crippen molar-refractivity contribution in [2.75, 3.05) is 38.3 Å². The minimum atomic E-state index is -0.220. The molecule has 0 radical (unpaired) electrons. The highest BCUT2D eigenvalue weighted by Gasteiger charge is 2.12. The number of benzene rings is 1. The van der Waals surface area contributed by atoms with E-state index in [9.17, 15) is 9.59 Å². The highest BCUT2D eigenvalue weighted by atomic mass is 16.5. The fraction of sp³-hybridized carbons (Fsp3) is 0.529. The lowest BCUT2D eigenvalue weighted by atomic mass is 10.0. The molecule has 0 saturated carbocycles. The highest BCUT2D eigenvalue weighted by molar-refractivity contribution is 5.96. The Kier molecular flexibility index (Phi) is 6.40. The molecule has 0 aliphatic carbocycles. The molecular formula is C17H23NO4. The van der Waals surface area contributed by atoms with E-state index in [1.165, 1.54) is 7.11 Å². The average molecular weight is 305 g/mol. The monoisotopic (exact) mass is 305 g/mol. The first-order valence-electron chi connectivity index (χ1n) is 7.73. The van der Waals surface area contributed by atoms with Crippen molar-refractivity contribution in [3.63, 3.8) is 0 Å². The van der Waals surface area contributed by atoms with Crippen molar-refractivity contribution in [3.05, 3.63) is 29.8 Å². The third-order valence-corrected chi connectivity index (χ3v) is 3.83. The molecule has 5 nitrogen and oxygen atoms in total. The first-order valence-corrected chi connectivity index (χ1v) is 7.73. The number of rotatable bonds is 7. The lowest BCUT2D eigenvalue weighted by molar-refractivity contribution is -0.140. The van der Waals surface area contributed by atoms with Crippen LogP contribution in [0.25, 0.3) is 0 Å². The van der Waals surface area contributed by atoms with Crippen LogP contribution in [0.3, 0.4) is 0 Å². The van der Waals surface area contributed by atoms with E-state index in [0.29, 0.717) is 25.7 Å². The zero-order valence-electron chi connectivity index (χ0n) is 13.0. The third kappa shape index (κ3) is 4.84. The maximum atomic E-state index is 12.1. The number of Topliss-reactive ketones (excluding diaryl/α,β-unsaturated/α-hetero) is 1. The van der Waals surface area contributed by atoms with Gasteiger partial charge in [0.1, 0.15) is 0 Å². The maximum Gasteiger partial charge on any atom is 0.305 e. The van der Waals surface area contributed by atoms with Crippen molar-refractivity contribution in [2.45, 2.75) is 25.7 Å². The van der Waals surface area contributed by atoms with Gasteiger partial charge in [0.25, 0.3) is 0 Å². The Morgan fingerprint density at radius 1 is 1.09 bits per heavy atom. The number of ether oxygens (including phenoxy) is 2. The van der Waals surface area contributed by atoms with Crippen molar-refractivity contribution in [1.82, 2.24) is 0 Å². The number of unbranched alkanes of at least 4 members (excludes halogenated alkanes) is 1. The maximum absolute atomic E-state index is 12.1. The summed E-state index contributed by atoms with van der Waals surface area (Å²) in [7, 11) is 1.38. The number of hydrogen-bond donors (Lipinski definition) is 0. The number of ketones is 1. The summed E-state index contributed by atoms with van der Waals surface area (Å²) in [5, 5.41) is 0. The van der Waals surface area contributed by atoms with Crippen LogP contribution < -0.4 is 4.90 Å². The number of carbonyl (C=O) groups excluding carboxylic acids is 2. The van der Waals surface area contributed by atoms with Gasteiger partial charge in [0.2, 0.25) is 0 Å². The van der Waals surface area contributed by atoms with Crippen LogP contribution in [0.2, 0.25) is 0 Å². The molecule has 120 valence electrons. The van der Waals surface area contributed by atoms with Gasteiger partial charge in [0.05, 0.1) is 20.3 Å². The molecule has 22 heavy (non-hydrogen) atoms. The van der Waals surface area contributed by atoms with Crippen LogP contribution in [-0.4, -0.2) is 45.2 Å². The molecule has 1 aliphatic rings. The molecule has 0 N–H and O–H groups in total. The van der Waals surface area contributed by atoms with Crippen molar-refractivity contribution in [2.24, 2.45) is 0 Å². The topological polar surface area (TPSA) is 55.8 Å². The van der Waals surface area contributed by atoms with Crippen molar-refractivity contribution >= 4 is 17.4 Å². The van der Waals surface area contributed by atoms with Crippen molar-refractivity contribution in [1.29, 1.82) is 0 Å². The molecule has 0 amide bonds. The zero-order chi connectivity index (χ0) is 15.8. The van der Waals surface area contributed by atoms with Crippen LogP contribution >= 0.6 is 0 Å². The van der Waals surface area contributed by atoms with Crippen LogP contribution in [0.5, 0.6) is 0 Å². The summed E-state index contributed by atoms with van der Waals surface area (Å²) in [6.07, 6.45) is 2.23. The number of morpholine rings is 1. The Morgan fingerprint density at radius 3 is 2.36 bits per heavy atom. The molecule has 0 aromatic heterocycles. The predicted molar refractivity (Wildman–Crippen MR) is 84.3 cm³/mol. The number of carbonyl (C=O) groups is 2. The number of methoxy groups -OCH3 is 1. The fourth-order valence-electron chi connectivity index (χ4n) is 2.48. The standard InChI is InChI=1S/C17H23NO4/c1-21-17(20)5-3-2-4-16(19)14-6-8-15(9-7-14)18-10-12-22-13-11-18/h6-9H,2-5,10-13H2,1H3. The second-order valence-electron chi connectivity index (χ2n) is 5.35. The Bertz CT molecular complexity index is 492. The largest absolute Gasteiger partial charge is 0.469 e. The van der Waals surface area contributed by atoms with Gasteiger partial charge in [0, 0.05) is 37.2 Å². The molecule has 1 fully saturated rings. The lowest BCUT2D eigenvalue weighted by Gasteiger charge is -2.28. The van der Waals surface area contributed by atoms with Crippen LogP contribution in [-0.2, 0) is 14.3 Å². The second-order valence-corrected chi connectivity index (χ2v) is 5.35. The molecule has 0 unspecified atom stereocenters. The summed E-state index contributed by atoms with van der Waals surface area (Å²) < 4.78 is 9.91. The molecule has 1 heterocycles. The number of esters is 1. The summed E-state index contributed by atoms with van der Waals surface area (Å²) in [4.78, 5) is 25.3. The van der Waals surface area contributed by atoms with Gasteiger partial charge in [-0.3, -0.25) is 9.59 Å². The lowest BCUT2D eigenvalue weighted by Crippen LogP contribution is -2.36. The molecule has 1 aromatic carbocycles. The highest BCUT2D eigenvalue weighted by Crippen LogP contribution is 2.18. The molecule has 2 rings (SSSR count). The summed E-state index contributed by atoms with van der Waals surface area (Å²) in [5.41, 5.74) is 1.86. The summed E-state index contributed by atoms with van der Waals surface area (Å²) in [6, 6.07) is 7.75. The van der Waals surface area contributed by atoms with Gasteiger partial charge in [-0.15, -0.1) is 0 Å². The summed E-state index contributed by atoms with van der Waals surface area (Å²) in [6.45, 7) is 3.28. The number of anilines is 1. The van der Waals surface area contributed by atoms with E-state index < -0.39 is 0 Å². The SMILES string of the molecule is COC(=O)CCCCC(=O)c1ccc(N2CCOCC2)cc1. The van der Waals surface area contributed by atoms with E-state index >= 15 is 0 Å². The van der Waals surface area contributed by atoms with Crippen LogP contribution in [0.4, 0.5) is 5.69 Å². The van der Waals surface area contributed by atoms with Crippen molar-refractivity contribution < 1.29 is 19.1 Å². The zero-order valence-corrected chi connectivity index (χ0v) is 13.0. The predicted octanol–water partition coefficient (Wildman–Crippen LogP) is 2.44. The molecule has 1 aliphatic heterocycles. The normalized spacial score (nSPS) is 14.7. The average Bonchev–Trinajstić information content (AvgIpc) is 2.59. The van der Waals surface area contributed by atoms with Crippen molar-refractivity contribution in [3.8, 4) is 0 Å². The van der Waals surface area contributed by atoms with Crippen LogP contribution in [0, 0.1) is 0 Å². The summed E-state index contributed by atoms with van der Waals surface area (Å²) in [5.74, 6) is -0.0966. The van der Waals surface area contributed by atoms with E-state index in [1.807, 2.05) is 24.3 Å².